The third kappa shape index (κ3) is 4.88. The average molecular weight is 664 g/mol. The number of hydrogen-bond donors (Lipinski definition) is 0. The van der Waals surface area contributed by atoms with E-state index in [1.807, 2.05) is 6.07 Å². The SMILES string of the molecule is N#Cc1ccc2c3cc(-c4ccc5c(c4)c4ccccc4n5-c4ccccc4)ccc3n(C3C=CC(c4cccc(-c5ccccc5)c4)=CC3)c2c1. The van der Waals surface area contributed by atoms with Crippen LogP contribution >= 0.6 is 0 Å². The Labute approximate surface area is 302 Å². The van der Waals surface area contributed by atoms with Crippen LogP contribution in [0.15, 0.2) is 182 Å². The van der Waals surface area contributed by atoms with Crippen LogP contribution in [0.3, 0.4) is 0 Å². The van der Waals surface area contributed by atoms with Crippen molar-refractivity contribution in [1.82, 2.24) is 9.13 Å². The van der Waals surface area contributed by atoms with Gasteiger partial charge in [0.25, 0.3) is 0 Å². The molecule has 9 aromatic rings. The molecule has 7 aromatic carbocycles. The summed E-state index contributed by atoms with van der Waals surface area (Å²) in [5, 5.41) is 14.7. The molecule has 2 heterocycles. The predicted octanol–water partition coefficient (Wildman–Crippen LogP) is 12.7. The van der Waals surface area contributed by atoms with Gasteiger partial charge in [-0.2, -0.15) is 5.26 Å². The Kier molecular flexibility index (Phi) is 7.01. The second kappa shape index (κ2) is 12.2. The van der Waals surface area contributed by atoms with E-state index in [-0.39, 0.29) is 6.04 Å². The molecule has 0 spiro atoms. The van der Waals surface area contributed by atoms with Crippen molar-refractivity contribution in [2.75, 3.05) is 0 Å². The largest absolute Gasteiger partial charge is 0.333 e. The first kappa shape index (κ1) is 30.0. The molecule has 10 rings (SSSR count). The van der Waals surface area contributed by atoms with Crippen LogP contribution in [0, 0.1) is 11.3 Å². The number of benzene rings is 7. The number of para-hydroxylation sites is 2. The molecule has 52 heavy (non-hydrogen) atoms. The van der Waals surface area contributed by atoms with Crippen molar-refractivity contribution < 1.29 is 0 Å². The van der Waals surface area contributed by atoms with E-state index in [9.17, 15) is 5.26 Å². The van der Waals surface area contributed by atoms with Gasteiger partial charge in [-0.25, -0.2) is 0 Å². The molecule has 3 heteroatoms. The summed E-state index contributed by atoms with van der Waals surface area (Å²) in [4.78, 5) is 0. The number of nitrogens with zero attached hydrogens (tertiary/aromatic N) is 3. The Morgan fingerprint density at radius 1 is 0.481 bits per heavy atom. The van der Waals surface area contributed by atoms with Crippen molar-refractivity contribution >= 4 is 49.2 Å². The minimum absolute atomic E-state index is 0.126. The smallest absolute Gasteiger partial charge is 0.0992 e. The zero-order chi connectivity index (χ0) is 34.6. The summed E-state index contributed by atoms with van der Waals surface area (Å²) in [6.45, 7) is 0. The lowest BCUT2D eigenvalue weighted by Crippen LogP contribution is -2.08. The number of allylic oxidation sites excluding steroid dienone is 4. The molecule has 1 unspecified atom stereocenters. The molecule has 0 aliphatic heterocycles. The van der Waals surface area contributed by atoms with Gasteiger partial charge < -0.3 is 9.13 Å². The average Bonchev–Trinajstić information content (AvgIpc) is 3.73. The maximum absolute atomic E-state index is 9.88. The number of rotatable bonds is 5. The van der Waals surface area contributed by atoms with E-state index in [1.165, 1.54) is 66.1 Å². The minimum Gasteiger partial charge on any atom is -0.333 e. The summed E-state index contributed by atoms with van der Waals surface area (Å²) in [7, 11) is 0. The summed E-state index contributed by atoms with van der Waals surface area (Å²) < 4.78 is 4.78. The molecular weight excluding hydrogens is 631 g/mol. The van der Waals surface area contributed by atoms with Crippen molar-refractivity contribution in [2.45, 2.75) is 12.5 Å². The van der Waals surface area contributed by atoms with Gasteiger partial charge in [0.05, 0.1) is 34.2 Å². The van der Waals surface area contributed by atoms with Crippen LogP contribution in [0.25, 0.3) is 77.1 Å². The molecule has 3 nitrogen and oxygen atoms in total. The molecule has 0 radical (unpaired) electrons. The third-order valence-electron chi connectivity index (χ3n) is 10.7. The highest BCUT2D eigenvalue weighted by Crippen LogP contribution is 2.40. The quantitative estimate of drug-likeness (QED) is 0.180. The lowest BCUT2D eigenvalue weighted by Gasteiger charge is -2.21. The summed E-state index contributed by atoms with van der Waals surface area (Å²) in [6, 6.07) is 60.9. The van der Waals surface area contributed by atoms with Gasteiger partial charge in [-0.1, -0.05) is 121 Å². The molecule has 244 valence electrons. The number of aromatic nitrogens is 2. The summed E-state index contributed by atoms with van der Waals surface area (Å²) in [5.74, 6) is 0. The Morgan fingerprint density at radius 3 is 1.88 bits per heavy atom. The van der Waals surface area contributed by atoms with Crippen molar-refractivity contribution in [2.24, 2.45) is 0 Å². The predicted molar refractivity (Wildman–Crippen MR) is 217 cm³/mol. The van der Waals surface area contributed by atoms with Crippen LogP contribution in [0.4, 0.5) is 0 Å². The molecule has 0 saturated carbocycles. The highest BCUT2D eigenvalue weighted by molar-refractivity contribution is 6.12. The van der Waals surface area contributed by atoms with Gasteiger partial charge in [0.15, 0.2) is 0 Å². The number of nitriles is 1. The molecule has 0 N–H and O–H groups in total. The number of fused-ring (bicyclic) bond motifs is 6. The van der Waals surface area contributed by atoms with E-state index in [1.54, 1.807) is 0 Å². The first-order valence-corrected chi connectivity index (χ1v) is 17.8. The van der Waals surface area contributed by atoms with Crippen LogP contribution in [0.5, 0.6) is 0 Å². The zero-order valence-corrected chi connectivity index (χ0v) is 28.4. The first-order chi connectivity index (χ1) is 25.7. The maximum Gasteiger partial charge on any atom is 0.0992 e. The second-order valence-corrected chi connectivity index (χ2v) is 13.6. The monoisotopic (exact) mass is 663 g/mol. The molecule has 0 saturated heterocycles. The van der Waals surface area contributed by atoms with Gasteiger partial charge in [-0.15, -0.1) is 0 Å². The molecule has 2 aromatic heterocycles. The standard InChI is InChI=1S/C49H33N3/c50-32-33-18-25-43-45-31-39(38-21-26-47-44(30-38)42-16-7-8-17-46(42)51(47)40-14-5-2-6-15-40)22-27-48(45)52(49(43)28-33)41-23-19-35(20-24-41)37-13-9-12-36(29-37)34-10-3-1-4-11-34/h1-23,25-31,41H,24H2. The van der Waals surface area contributed by atoms with Crippen molar-refractivity contribution in [3.63, 3.8) is 0 Å². The van der Waals surface area contributed by atoms with E-state index >= 15 is 0 Å². The number of hydrogen-bond acceptors (Lipinski definition) is 1. The van der Waals surface area contributed by atoms with E-state index in [0.717, 1.165) is 23.0 Å². The van der Waals surface area contributed by atoms with Crippen LogP contribution in [0.2, 0.25) is 0 Å². The van der Waals surface area contributed by atoms with Gasteiger partial charge in [0.1, 0.15) is 0 Å². The van der Waals surface area contributed by atoms with Crippen LogP contribution in [0.1, 0.15) is 23.6 Å². The highest BCUT2D eigenvalue weighted by Gasteiger charge is 2.20. The molecule has 0 bridgehead atoms. The third-order valence-corrected chi connectivity index (χ3v) is 10.7. The van der Waals surface area contributed by atoms with Crippen LogP contribution in [-0.2, 0) is 0 Å². The first-order valence-electron chi connectivity index (χ1n) is 17.8. The Balaban J connectivity index is 1.06. The fourth-order valence-corrected chi connectivity index (χ4v) is 8.19. The fourth-order valence-electron chi connectivity index (χ4n) is 8.19. The van der Waals surface area contributed by atoms with Gasteiger partial charge in [0.2, 0.25) is 0 Å². The zero-order valence-electron chi connectivity index (χ0n) is 28.4. The van der Waals surface area contributed by atoms with Crippen LogP contribution < -0.4 is 0 Å². The van der Waals surface area contributed by atoms with Crippen molar-refractivity contribution in [1.29, 1.82) is 5.26 Å². The lowest BCUT2D eigenvalue weighted by atomic mass is 9.94. The topological polar surface area (TPSA) is 33.6 Å². The van der Waals surface area contributed by atoms with Crippen molar-refractivity contribution in [3.8, 4) is 34.0 Å². The van der Waals surface area contributed by atoms with Gasteiger partial charge >= 0.3 is 0 Å². The maximum atomic E-state index is 9.88. The van der Waals surface area contributed by atoms with Crippen LogP contribution in [-0.4, -0.2) is 9.13 Å². The Bertz CT molecular complexity index is 2930. The molecule has 1 aliphatic rings. The molecule has 0 amide bonds. The van der Waals surface area contributed by atoms with Crippen molar-refractivity contribution in [3.05, 3.63) is 193 Å². The summed E-state index contributed by atoms with van der Waals surface area (Å²) in [6.07, 6.45) is 7.81. The Morgan fingerprint density at radius 2 is 1.12 bits per heavy atom. The Hall–Kier alpha value is -6.89. The molecule has 1 aliphatic carbocycles. The normalized spacial score (nSPS) is 14.3. The molecular formula is C49H33N3. The van der Waals surface area contributed by atoms with Gasteiger partial charge in [-0.3, -0.25) is 0 Å². The van der Waals surface area contributed by atoms with E-state index in [0.29, 0.717) is 5.56 Å². The lowest BCUT2D eigenvalue weighted by molar-refractivity contribution is 0.649. The summed E-state index contributed by atoms with van der Waals surface area (Å²) in [5.41, 5.74) is 13.7. The van der Waals surface area contributed by atoms with E-state index in [4.69, 9.17) is 0 Å². The van der Waals surface area contributed by atoms with E-state index < -0.39 is 0 Å². The fraction of sp³-hybridized carbons (Fsp3) is 0.0408. The molecule has 1 atom stereocenters. The highest BCUT2D eigenvalue weighted by atomic mass is 15.0. The van der Waals surface area contributed by atoms with E-state index in [2.05, 4.69) is 191 Å². The minimum atomic E-state index is 0.126. The van der Waals surface area contributed by atoms with Gasteiger partial charge in [-0.05, 0) is 100 Å². The van der Waals surface area contributed by atoms with Gasteiger partial charge in [0, 0.05) is 32.7 Å². The second-order valence-electron chi connectivity index (χ2n) is 13.6. The molecule has 0 fully saturated rings. The summed E-state index contributed by atoms with van der Waals surface area (Å²) >= 11 is 0.